The van der Waals surface area contributed by atoms with Gasteiger partial charge in [-0.25, -0.2) is 9.07 Å². The zero-order valence-electron chi connectivity index (χ0n) is 6.86. The summed E-state index contributed by atoms with van der Waals surface area (Å²) >= 11 is 0. The van der Waals surface area contributed by atoms with Crippen molar-refractivity contribution < 1.29 is 4.39 Å². The van der Waals surface area contributed by atoms with Gasteiger partial charge < -0.3 is 0 Å². The molecule has 5 heteroatoms. The Bertz CT molecular complexity index is 515. The first-order valence-corrected chi connectivity index (χ1v) is 3.68. The first-order chi connectivity index (χ1) is 6.18. The molecule has 0 radical (unpaired) electrons. The van der Waals surface area contributed by atoms with Crippen LogP contribution in [0.25, 0.3) is 10.9 Å². The second-order valence-electron chi connectivity index (χ2n) is 2.68. The Morgan fingerprint density at radius 1 is 1.46 bits per heavy atom. The fourth-order valence-corrected chi connectivity index (χ4v) is 1.10. The van der Waals surface area contributed by atoms with Gasteiger partial charge >= 0.3 is 0 Å². The zero-order chi connectivity index (χ0) is 9.42. The molecular formula is C8H6FN3O. The quantitative estimate of drug-likeness (QED) is 0.590. The van der Waals surface area contributed by atoms with E-state index in [1.807, 2.05) is 0 Å². The second kappa shape index (κ2) is 2.62. The van der Waals surface area contributed by atoms with Crippen LogP contribution < -0.4 is 5.56 Å². The number of nitrogens with zero attached hydrogens (tertiary/aromatic N) is 3. The highest BCUT2D eigenvalue weighted by Crippen LogP contribution is 2.06. The molecule has 0 saturated carbocycles. The van der Waals surface area contributed by atoms with Gasteiger partial charge in [0.05, 0.1) is 5.39 Å². The van der Waals surface area contributed by atoms with Crippen LogP contribution in [-0.2, 0) is 7.05 Å². The summed E-state index contributed by atoms with van der Waals surface area (Å²) in [5.74, 6) is -0.447. The molecule has 0 bridgehead atoms. The number of hydrogen-bond acceptors (Lipinski definition) is 3. The summed E-state index contributed by atoms with van der Waals surface area (Å²) in [5, 5.41) is 7.54. The third-order valence-electron chi connectivity index (χ3n) is 1.77. The van der Waals surface area contributed by atoms with Crippen LogP contribution in [0.5, 0.6) is 0 Å². The lowest BCUT2D eigenvalue weighted by atomic mass is 10.2. The molecule has 2 aromatic rings. The normalized spacial score (nSPS) is 10.6. The molecule has 13 heavy (non-hydrogen) atoms. The predicted molar refractivity (Wildman–Crippen MR) is 44.7 cm³/mol. The third-order valence-corrected chi connectivity index (χ3v) is 1.77. The molecule has 1 heterocycles. The van der Waals surface area contributed by atoms with E-state index in [2.05, 4.69) is 10.3 Å². The first kappa shape index (κ1) is 7.85. The van der Waals surface area contributed by atoms with E-state index in [1.54, 1.807) is 0 Å². The molecule has 0 aliphatic heterocycles. The number of aromatic nitrogens is 3. The third kappa shape index (κ3) is 1.18. The van der Waals surface area contributed by atoms with Gasteiger partial charge in [-0.2, -0.15) is 0 Å². The van der Waals surface area contributed by atoms with E-state index < -0.39 is 5.82 Å². The molecule has 1 aromatic carbocycles. The van der Waals surface area contributed by atoms with Crippen LogP contribution in [0.2, 0.25) is 0 Å². The van der Waals surface area contributed by atoms with Crippen molar-refractivity contribution in [3.63, 3.8) is 0 Å². The van der Waals surface area contributed by atoms with Crippen molar-refractivity contribution in [1.29, 1.82) is 0 Å². The van der Waals surface area contributed by atoms with Crippen LogP contribution in [-0.4, -0.2) is 15.0 Å². The molecular weight excluding hydrogens is 173 g/mol. The number of halogens is 1. The Balaban J connectivity index is 2.97. The van der Waals surface area contributed by atoms with Crippen molar-refractivity contribution in [3.05, 3.63) is 34.4 Å². The number of hydrogen-bond donors (Lipinski definition) is 0. The Labute approximate surface area is 72.6 Å². The minimum atomic E-state index is -0.447. The summed E-state index contributed by atoms with van der Waals surface area (Å²) < 4.78 is 13.8. The summed E-state index contributed by atoms with van der Waals surface area (Å²) in [6.45, 7) is 0. The highest BCUT2D eigenvalue weighted by molar-refractivity contribution is 5.76. The van der Waals surface area contributed by atoms with Gasteiger partial charge in [0.1, 0.15) is 11.3 Å². The maximum atomic E-state index is 12.8. The van der Waals surface area contributed by atoms with Gasteiger partial charge in [-0.1, -0.05) is 5.21 Å². The molecule has 66 valence electrons. The van der Waals surface area contributed by atoms with Gasteiger partial charge in [0.25, 0.3) is 5.56 Å². The molecule has 2 rings (SSSR count). The number of rotatable bonds is 0. The Morgan fingerprint density at radius 2 is 2.23 bits per heavy atom. The van der Waals surface area contributed by atoms with Crippen molar-refractivity contribution in [3.8, 4) is 0 Å². The Kier molecular flexibility index (Phi) is 1.58. The Hall–Kier alpha value is -1.78. The summed E-state index contributed by atoms with van der Waals surface area (Å²) in [6.07, 6.45) is 0. The van der Waals surface area contributed by atoms with Crippen LogP contribution in [0.3, 0.4) is 0 Å². The van der Waals surface area contributed by atoms with Gasteiger partial charge in [0.15, 0.2) is 0 Å². The van der Waals surface area contributed by atoms with Gasteiger partial charge in [0, 0.05) is 7.05 Å². The van der Waals surface area contributed by atoms with Gasteiger partial charge in [-0.15, -0.1) is 5.10 Å². The Morgan fingerprint density at radius 3 is 3.00 bits per heavy atom. The van der Waals surface area contributed by atoms with E-state index in [0.29, 0.717) is 5.52 Å². The molecule has 0 atom stereocenters. The van der Waals surface area contributed by atoms with Crippen molar-refractivity contribution in [2.24, 2.45) is 7.05 Å². The average molecular weight is 179 g/mol. The maximum Gasteiger partial charge on any atom is 0.277 e. The maximum absolute atomic E-state index is 12.8. The topological polar surface area (TPSA) is 47.8 Å². The van der Waals surface area contributed by atoms with Crippen molar-refractivity contribution in [2.45, 2.75) is 0 Å². The van der Waals surface area contributed by atoms with Crippen molar-refractivity contribution >= 4 is 10.9 Å². The monoisotopic (exact) mass is 179 g/mol. The van der Waals surface area contributed by atoms with E-state index in [9.17, 15) is 9.18 Å². The lowest BCUT2D eigenvalue weighted by Gasteiger charge is -1.97. The standard InChI is InChI=1S/C8H6FN3O/c1-12-8(13)6-4-5(9)2-3-7(6)10-11-12/h2-4H,1H3. The van der Waals surface area contributed by atoms with E-state index in [0.717, 1.165) is 10.7 Å². The summed E-state index contributed by atoms with van der Waals surface area (Å²) in [6, 6.07) is 3.84. The highest BCUT2D eigenvalue weighted by atomic mass is 19.1. The second-order valence-corrected chi connectivity index (χ2v) is 2.68. The van der Waals surface area contributed by atoms with Crippen LogP contribution in [0.15, 0.2) is 23.0 Å². The lowest BCUT2D eigenvalue weighted by Crippen LogP contribution is -2.20. The van der Waals surface area contributed by atoms with Crippen LogP contribution in [0.1, 0.15) is 0 Å². The van der Waals surface area contributed by atoms with Crippen molar-refractivity contribution in [1.82, 2.24) is 15.0 Å². The summed E-state index contributed by atoms with van der Waals surface area (Å²) in [7, 11) is 1.47. The number of fused-ring (bicyclic) bond motifs is 1. The lowest BCUT2D eigenvalue weighted by molar-refractivity contribution is 0.625. The largest absolute Gasteiger partial charge is 0.277 e. The molecule has 0 aliphatic carbocycles. The van der Waals surface area contributed by atoms with Crippen LogP contribution in [0.4, 0.5) is 4.39 Å². The van der Waals surface area contributed by atoms with E-state index in [1.165, 1.54) is 19.2 Å². The van der Waals surface area contributed by atoms with Crippen LogP contribution >= 0.6 is 0 Å². The predicted octanol–water partition coefficient (Wildman–Crippen LogP) is 0.468. The van der Waals surface area contributed by atoms with Gasteiger partial charge in [0.2, 0.25) is 0 Å². The van der Waals surface area contributed by atoms with E-state index in [4.69, 9.17) is 0 Å². The zero-order valence-corrected chi connectivity index (χ0v) is 6.86. The molecule has 0 saturated heterocycles. The minimum Gasteiger partial charge on any atom is -0.267 e. The fourth-order valence-electron chi connectivity index (χ4n) is 1.10. The molecule has 0 N–H and O–H groups in total. The van der Waals surface area contributed by atoms with E-state index >= 15 is 0 Å². The molecule has 0 amide bonds. The van der Waals surface area contributed by atoms with Crippen molar-refractivity contribution in [2.75, 3.05) is 0 Å². The summed E-state index contributed by atoms with van der Waals surface area (Å²) in [5.41, 5.74) is 0.0639. The smallest absolute Gasteiger partial charge is 0.267 e. The van der Waals surface area contributed by atoms with E-state index in [-0.39, 0.29) is 10.9 Å². The molecule has 0 spiro atoms. The molecule has 1 aromatic heterocycles. The number of benzene rings is 1. The summed E-state index contributed by atoms with van der Waals surface area (Å²) in [4.78, 5) is 11.4. The highest BCUT2D eigenvalue weighted by Gasteiger charge is 2.03. The minimum absolute atomic E-state index is 0.248. The first-order valence-electron chi connectivity index (χ1n) is 3.68. The van der Waals surface area contributed by atoms with Gasteiger partial charge in [-0.3, -0.25) is 4.79 Å². The molecule has 4 nitrogen and oxygen atoms in total. The van der Waals surface area contributed by atoms with Gasteiger partial charge in [-0.05, 0) is 18.2 Å². The van der Waals surface area contributed by atoms with Crippen LogP contribution in [0, 0.1) is 5.82 Å². The molecule has 0 unspecified atom stereocenters. The average Bonchev–Trinajstić information content (AvgIpc) is 2.12. The molecule has 0 fully saturated rings. The number of aryl methyl sites for hydroxylation is 1. The fraction of sp³-hybridized carbons (Fsp3) is 0.125. The molecule has 0 aliphatic rings. The SMILES string of the molecule is Cn1nnc2ccc(F)cc2c1=O.